The molecule has 0 spiro atoms. The van der Waals surface area contributed by atoms with Crippen molar-refractivity contribution in [3.8, 4) is 5.75 Å². The number of nitrogens with zero attached hydrogens (tertiary/aromatic N) is 2. The quantitative estimate of drug-likeness (QED) is 0.905. The highest BCUT2D eigenvalue weighted by molar-refractivity contribution is 5.99. The van der Waals surface area contributed by atoms with E-state index < -0.39 is 0 Å². The zero-order valence-electron chi connectivity index (χ0n) is 15.4. The van der Waals surface area contributed by atoms with Crippen LogP contribution in [0.2, 0.25) is 0 Å². The van der Waals surface area contributed by atoms with Crippen molar-refractivity contribution in [1.82, 2.24) is 10.3 Å². The molecular weight excluding hydrogens is 342 g/mol. The van der Waals surface area contributed by atoms with Crippen LogP contribution in [0.25, 0.3) is 0 Å². The maximum atomic E-state index is 12.8. The van der Waals surface area contributed by atoms with Crippen molar-refractivity contribution < 1.29 is 14.3 Å². The van der Waals surface area contributed by atoms with E-state index in [1.54, 1.807) is 6.07 Å². The SMILES string of the molecule is Cc1ccc(N2CCOc3c(C(=O)NC4CCC(=O)CC4)cccc32)nc1. The molecule has 0 unspecified atom stereocenters. The molecular formula is C21H23N3O3. The number of aryl methyl sites for hydroxylation is 1. The Labute approximate surface area is 158 Å². The summed E-state index contributed by atoms with van der Waals surface area (Å²) >= 11 is 0. The van der Waals surface area contributed by atoms with Crippen LogP contribution in [-0.4, -0.2) is 35.9 Å². The number of ketones is 1. The van der Waals surface area contributed by atoms with Crippen molar-refractivity contribution in [2.75, 3.05) is 18.1 Å². The molecule has 0 bridgehead atoms. The highest BCUT2D eigenvalue weighted by Gasteiger charge is 2.27. The lowest BCUT2D eigenvalue weighted by Gasteiger charge is -2.31. The Morgan fingerprint density at radius 1 is 1.22 bits per heavy atom. The van der Waals surface area contributed by atoms with Crippen LogP contribution < -0.4 is 15.0 Å². The van der Waals surface area contributed by atoms with E-state index in [4.69, 9.17) is 4.74 Å². The molecule has 1 aliphatic carbocycles. The van der Waals surface area contributed by atoms with E-state index in [-0.39, 0.29) is 17.7 Å². The minimum absolute atomic E-state index is 0.0458. The second kappa shape index (κ2) is 7.39. The van der Waals surface area contributed by atoms with Gasteiger partial charge in [-0.3, -0.25) is 9.59 Å². The van der Waals surface area contributed by atoms with Gasteiger partial charge in [0.05, 0.1) is 17.8 Å². The number of hydrogen-bond donors (Lipinski definition) is 1. The zero-order chi connectivity index (χ0) is 18.8. The molecule has 140 valence electrons. The normalized spacial score (nSPS) is 17.2. The van der Waals surface area contributed by atoms with E-state index in [0.29, 0.717) is 50.1 Å². The molecule has 0 radical (unpaired) electrons. The van der Waals surface area contributed by atoms with Crippen LogP contribution in [0.1, 0.15) is 41.6 Å². The van der Waals surface area contributed by atoms with Crippen molar-refractivity contribution in [3.05, 3.63) is 47.7 Å². The van der Waals surface area contributed by atoms with Gasteiger partial charge >= 0.3 is 0 Å². The lowest BCUT2D eigenvalue weighted by molar-refractivity contribution is -0.120. The van der Waals surface area contributed by atoms with Gasteiger partial charge in [0.2, 0.25) is 0 Å². The number of ether oxygens (including phenoxy) is 1. The molecule has 1 N–H and O–H groups in total. The molecule has 0 saturated heterocycles. The Morgan fingerprint density at radius 2 is 2.04 bits per heavy atom. The van der Waals surface area contributed by atoms with Crippen LogP contribution in [0.5, 0.6) is 5.75 Å². The molecule has 2 aliphatic rings. The summed E-state index contributed by atoms with van der Waals surface area (Å²) in [6.45, 7) is 3.18. The molecule has 1 saturated carbocycles. The summed E-state index contributed by atoms with van der Waals surface area (Å²) in [6.07, 6.45) is 4.34. The minimum Gasteiger partial charge on any atom is -0.489 e. The molecule has 2 aromatic rings. The van der Waals surface area contributed by atoms with Gasteiger partial charge in [-0.25, -0.2) is 4.98 Å². The smallest absolute Gasteiger partial charge is 0.255 e. The molecule has 1 aromatic carbocycles. The number of anilines is 2. The average Bonchev–Trinajstić information content (AvgIpc) is 2.69. The van der Waals surface area contributed by atoms with Crippen LogP contribution in [0.4, 0.5) is 11.5 Å². The van der Waals surface area contributed by atoms with Crippen molar-refractivity contribution >= 4 is 23.2 Å². The van der Waals surface area contributed by atoms with Crippen LogP contribution in [0, 0.1) is 6.92 Å². The Morgan fingerprint density at radius 3 is 2.78 bits per heavy atom. The summed E-state index contributed by atoms with van der Waals surface area (Å²) in [5.41, 5.74) is 2.48. The fraction of sp³-hybridized carbons (Fsp3) is 0.381. The molecule has 6 heteroatoms. The van der Waals surface area contributed by atoms with Crippen molar-refractivity contribution in [2.24, 2.45) is 0 Å². The number of aromatic nitrogens is 1. The Kier molecular flexibility index (Phi) is 4.79. The van der Waals surface area contributed by atoms with Crippen LogP contribution in [-0.2, 0) is 4.79 Å². The number of Topliss-reactive ketones (excluding diaryl/α,β-unsaturated/α-hetero) is 1. The summed E-state index contributed by atoms with van der Waals surface area (Å²) in [5.74, 6) is 1.57. The lowest BCUT2D eigenvalue weighted by atomic mass is 9.94. The first-order chi connectivity index (χ1) is 13.1. The van der Waals surface area contributed by atoms with E-state index in [1.807, 2.05) is 37.4 Å². The van der Waals surface area contributed by atoms with E-state index in [0.717, 1.165) is 17.1 Å². The summed E-state index contributed by atoms with van der Waals surface area (Å²) in [6, 6.07) is 9.66. The highest BCUT2D eigenvalue weighted by Crippen LogP contribution is 2.38. The number of hydrogen-bond acceptors (Lipinski definition) is 5. The molecule has 0 atom stereocenters. The highest BCUT2D eigenvalue weighted by atomic mass is 16.5. The summed E-state index contributed by atoms with van der Waals surface area (Å²) < 4.78 is 5.87. The zero-order valence-corrected chi connectivity index (χ0v) is 15.4. The third-order valence-corrected chi connectivity index (χ3v) is 5.14. The number of benzene rings is 1. The Hall–Kier alpha value is -2.89. The second-order valence-electron chi connectivity index (χ2n) is 7.13. The van der Waals surface area contributed by atoms with E-state index in [1.165, 1.54) is 0 Å². The van der Waals surface area contributed by atoms with E-state index in [2.05, 4.69) is 15.2 Å². The van der Waals surface area contributed by atoms with Gasteiger partial charge < -0.3 is 15.0 Å². The van der Waals surface area contributed by atoms with Gasteiger partial charge in [-0.2, -0.15) is 0 Å². The number of fused-ring (bicyclic) bond motifs is 1. The number of pyridine rings is 1. The van der Waals surface area contributed by atoms with Gasteiger partial charge in [0.25, 0.3) is 5.91 Å². The van der Waals surface area contributed by atoms with Gasteiger partial charge in [-0.15, -0.1) is 0 Å². The predicted octanol–water partition coefficient (Wildman–Crippen LogP) is 3.16. The number of para-hydroxylation sites is 1. The first-order valence-corrected chi connectivity index (χ1v) is 9.40. The van der Waals surface area contributed by atoms with E-state index >= 15 is 0 Å². The van der Waals surface area contributed by atoms with Crippen molar-refractivity contribution in [1.29, 1.82) is 0 Å². The summed E-state index contributed by atoms with van der Waals surface area (Å²) in [5, 5.41) is 3.06. The van der Waals surface area contributed by atoms with Gasteiger partial charge in [0.15, 0.2) is 5.75 Å². The van der Waals surface area contributed by atoms with Gasteiger partial charge in [0, 0.05) is 25.1 Å². The number of carbonyl (C=O) groups is 2. The number of rotatable bonds is 3. The number of amides is 1. The van der Waals surface area contributed by atoms with Gasteiger partial charge in [0.1, 0.15) is 18.2 Å². The maximum absolute atomic E-state index is 12.8. The topological polar surface area (TPSA) is 71.5 Å². The summed E-state index contributed by atoms with van der Waals surface area (Å²) in [7, 11) is 0. The van der Waals surface area contributed by atoms with Gasteiger partial charge in [-0.05, 0) is 43.5 Å². The minimum atomic E-state index is -0.148. The van der Waals surface area contributed by atoms with Gasteiger partial charge in [-0.1, -0.05) is 12.1 Å². The Bertz CT molecular complexity index is 853. The standard InChI is InChI=1S/C21H23N3O3/c1-14-5-10-19(22-13-14)24-11-12-27-20-17(3-2-4-18(20)24)21(26)23-15-6-8-16(25)9-7-15/h2-5,10,13,15H,6-9,11-12H2,1H3,(H,23,26). The Balaban J connectivity index is 1.58. The third-order valence-electron chi connectivity index (χ3n) is 5.14. The monoisotopic (exact) mass is 365 g/mol. The van der Waals surface area contributed by atoms with Crippen LogP contribution >= 0.6 is 0 Å². The molecule has 1 aromatic heterocycles. The fourth-order valence-corrected chi connectivity index (χ4v) is 3.63. The maximum Gasteiger partial charge on any atom is 0.255 e. The van der Waals surface area contributed by atoms with Crippen molar-refractivity contribution in [2.45, 2.75) is 38.6 Å². The lowest BCUT2D eigenvalue weighted by Crippen LogP contribution is -2.38. The van der Waals surface area contributed by atoms with E-state index in [9.17, 15) is 9.59 Å². The average molecular weight is 365 g/mol. The first kappa shape index (κ1) is 17.5. The van der Waals surface area contributed by atoms with Crippen molar-refractivity contribution in [3.63, 3.8) is 0 Å². The predicted molar refractivity (Wildman–Crippen MR) is 103 cm³/mol. The first-order valence-electron chi connectivity index (χ1n) is 9.40. The molecule has 1 fully saturated rings. The third kappa shape index (κ3) is 3.65. The fourth-order valence-electron chi connectivity index (χ4n) is 3.63. The molecule has 6 nitrogen and oxygen atoms in total. The number of carbonyl (C=O) groups excluding carboxylic acids is 2. The number of nitrogens with one attached hydrogen (secondary N) is 1. The second-order valence-corrected chi connectivity index (χ2v) is 7.13. The molecule has 1 amide bonds. The largest absolute Gasteiger partial charge is 0.489 e. The van der Waals surface area contributed by atoms with Crippen LogP contribution in [0.3, 0.4) is 0 Å². The van der Waals surface area contributed by atoms with Crippen LogP contribution in [0.15, 0.2) is 36.5 Å². The molecule has 1 aliphatic heterocycles. The summed E-state index contributed by atoms with van der Waals surface area (Å²) in [4.78, 5) is 30.8. The molecule has 27 heavy (non-hydrogen) atoms. The molecule has 2 heterocycles. The molecule has 4 rings (SSSR count).